The summed E-state index contributed by atoms with van der Waals surface area (Å²) >= 11 is 1.67. The highest BCUT2D eigenvalue weighted by atomic mass is 32.1. The number of nitrogens with one attached hydrogen (secondary N) is 2. The van der Waals surface area contributed by atoms with Crippen molar-refractivity contribution in [3.8, 4) is 5.75 Å². The van der Waals surface area contributed by atoms with Crippen LogP contribution in [0.3, 0.4) is 0 Å². The molecule has 0 aliphatic carbocycles. The van der Waals surface area contributed by atoms with E-state index in [1.807, 2.05) is 20.8 Å². The van der Waals surface area contributed by atoms with E-state index in [0.29, 0.717) is 24.6 Å². The third-order valence-corrected chi connectivity index (χ3v) is 5.10. The summed E-state index contributed by atoms with van der Waals surface area (Å²) in [5.74, 6) is 0.216. The van der Waals surface area contributed by atoms with Gasteiger partial charge < -0.3 is 20.5 Å². The van der Waals surface area contributed by atoms with Gasteiger partial charge in [-0.3, -0.25) is 4.99 Å². The van der Waals surface area contributed by atoms with Gasteiger partial charge in [-0.05, 0) is 38.5 Å². The predicted molar refractivity (Wildman–Crippen MR) is 107 cm³/mol. The van der Waals surface area contributed by atoms with Gasteiger partial charge in [0.15, 0.2) is 5.96 Å². The molecule has 6 nitrogen and oxygen atoms in total. The van der Waals surface area contributed by atoms with Crippen LogP contribution < -0.4 is 15.4 Å². The van der Waals surface area contributed by atoms with E-state index in [4.69, 9.17) is 0 Å². The van der Waals surface area contributed by atoms with E-state index in [1.54, 1.807) is 11.3 Å². The molecular formula is C19H25F3N4O2S. The topological polar surface area (TPSA) is 78.8 Å². The Balaban J connectivity index is 1.89. The summed E-state index contributed by atoms with van der Waals surface area (Å²) in [6, 6.07) is 5.10. The predicted octanol–water partition coefficient (Wildman–Crippen LogP) is 3.49. The number of guanidine groups is 1. The Morgan fingerprint density at radius 2 is 1.93 bits per heavy atom. The van der Waals surface area contributed by atoms with Crippen molar-refractivity contribution < 1.29 is 23.0 Å². The fourth-order valence-electron chi connectivity index (χ4n) is 2.45. The maximum Gasteiger partial charge on any atom is 0.573 e. The molecule has 1 unspecified atom stereocenters. The molecule has 1 aromatic heterocycles. The number of nitrogens with zero attached hydrogens (tertiary/aromatic N) is 2. The van der Waals surface area contributed by atoms with Crippen LogP contribution in [0.15, 0.2) is 29.3 Å². The largest absolute Gasteiger partial charge is 0.573 e. The first-order chi connectivity index (χ1) is 13.7. The molecule has 160 valence electrons. The Morgan fingerprint density at radius 3 is 2.48 bits per heavy atom. The molecule has 0 radical (unpaired) electrons. The zero-order chi connectivity index (χ0) is 21.4. The second kappa shape index (κ2) is 10.4. The Kier molecular flexibility index (Phi) is 8.27. The lowest BCUT2D eigenvalue weighted by molar-refractivity contribution is -0.274. The Bertz CT molecular complexity index is 787. The molecular weight excluding hydrogens is 405 g/mol. The molecule has 3 N–H and O–H groups in total. The molecule has 10 heteroatoms. The van der Waals surface area contributed by atoms with E-state index in [0.717, 1.165) is 29.3 Å². The molecule has 2 rings (SSSR count). The minimum absolute atomic E-state index is 0.0598. The normalized spacial score (nSPS) is 13.3. The third-order valence-electron chi connectivity index (χ3n) is 3.97. The number of aromatic nitrogens is 1. The van der Waals surface area contributed by atoms with Crippen LogP contribution in [0.2, 0.25) is 0 Å². The van der Waals surface area contributed by atoms with Gasteiger partial charge in [-0.15, -0.1) is 24.5 Å². The highest BCUT2D eigenvalue weighted by molar-refractivity contribution is 7.11. The first-order valence-electron chi connectivity index (χ1n) is 9.16. The highest BCUT2D eigenvalue weighted by Crippen LogP contribution is 2.24. The van der Waals surface area contributed by atoms with Gasteiger partial charge >= 0.3 is 6.36 Å². The molecule has 0 saturated carbocycles. The van der Waals surface area contributed by atoms with Gasteiger partial charge in [-0.1, -0.05) is 12.1 Å². The number of hydrogen-bond donors (Lipinski definition) is 3. The highest BCUT2D eigenvalue weighted by Gasteiger charge is 2.31. The number of ether oxygens (including phenoxy) is 1. The fraction of sp³-hybridized carbons (Fsp3) is 0.474. The minimum Gasteiger partial charge on any atom is -0.406 e. The molecule has 0 amide bonds. The first kappa shape index (κ1) is 23.0. The van der Waals surface area contributed by atoms with E-state index in [1.165, 1.54) is 17.0 Å². The summed E-state index contributed by atoms with van der Waals surface area (Å²) in [5, 5.41) is 17.6. The van der Waals surface area contributed by atoms with Crippen LogP contribution in [0.1, 0.15) is 34.2 Å². The maximum absolute atomic E-state index is 12.2. The van der Waals surface area contributed by atoms with E-state index < -0.39 is 12.5 Å². The Morgan fingerprint density at radius 1 is 1.24 bits per heavy atom. The van der Waals surface area contributed by atoms with Crippen molar-refractivity contribution in [1.29, 1.82) is 0 Å². The average molecular weight is 430 g/mol. The van der Waals surface area contributed by atoms with Crippen molar-refractivity contribution in [2.24, 2.45) is 4.99 Å². The standard InChI is InChI=1S/C19H25F3N4O2S/c1-4-23-18(24-10-9-17-26-12(2)13(3)29-17)25-11-16(27)14-5-7-15(8-6-14)28-19(20,21)22/h5-8,16,27H,4,9-11H2,1-3H3,(H2,23,24,25). The summed E-state index contributed by atoms with van der Waals surface area (Å²) in [4.78, 5) is 10.0. The zero-order valence-corrected chi connectivity index (χ0v) is 17.3. The van der Waals surface area contributed by atoms with Crippen molar-refractivity contribution in [1.82, 2.24) is 15.6 Å². The lowest BCUT2D eigenvalue weighted by atomic mass is 10.1. The molecule has 0 bridgehead atoms. The van der Waals surface area contributed by atoms with Crippen molar-refractivity contribution in [2.75, 3.05) is 19.6 Å². The van der Waals surface area contributed by atoms with Crippen molar-refractivity contribution in [3.63, 3.8) is 0 Å². The van der Waals surface area contributed by atoms with E-state index in [2.05, 4.69) is 25.3 Å². The molecule has 0 saturated heterocycles. The summed E-state index contributed by atoms with van der Waals surface area (Å²) < 4.78 is 40.4. The first-order valence-corrected chi connectivity index (χ1v) is 9.98. The number of halogens is 3. The third kappa shape index (κ3) is 7.90. The van der Waals surface area contributed by atoms with Gasteiger partial charge in [0.2, 0.25) is 0 Å². The summed E-state index contributed by atoms with van der Waals surface area (Å²) in [6.45, 7) is 7.31. The number of rotatable bonds is 8. The summed E-state index contributed by atoms with van der Waals surface area (Å²) in [6.07, 6.45) is -4.94. The maximum atomic E-state index is 12.2. The number of hydrogen-bond acceptors (Lipinski definition) is 5. The molecule has 1 heterocycles. The van der Waals surface area contributed by atoms with Crippen molar-refractivity contribution in [2.45, 2.75) is 39.7 Å². The number of alkyl halides is 3. The Hall–Kier alpha value is -2.33. The van der Waals surface area contributed by atoms with Crippen molar-refractivity contribution >= 4 is 17.3 Å². The molecule has 0 aliphatic heterocycles. The van der Waals surface area contributed by atoms with Gasteiger partial charge in [0, 0.05) is 24.4 Å². The number of aliphatic imine (C=N–C) groups is 1. The lowest BCUT2D eigenvalue weighted by Crippen LogP contribution is -2.38. The van der Waals surface area contributed by atoms with Gasteiger partial charge in [0.1, 0.15) is 5.75 Å². The second-order valence-corrected chi connectivity index (χ2v) is 7.57. The average Bonchev–Trinajstić information content (AvgIpc) is 2.96. The molecule has 2 aromatic rings. The number of thiazole rings is 1. The number of aliphatic hydroxyl groups excluding tert-OH is 1. The fourth-order valence-corrected chi connectivity index (χ4v) is 3.38. The molecule has 1 aromatic carbocycles. The number of benzene rings is 1. The number of aryl methyl sites for hydroxylation is 2. The molecule has 0 fully saturated rings. The monoisotopic (exact) mass is 430 g/mol. The summed E-state index contributed by atoms with van der Waals surface area (Å²) in [5.41, 5.74) is 1.49. The lowest BCUT2D eigenvalue weighted by Gasteiger charge is -2.14. The summed E-state index contributed by atoms with van der Waals surface area (Å²) in [7, 11) is 0. The van der Waals surface area contributed by atoms with Gasteiger partial charge in [0.25, 0.3) is 0 Å². The van der Waals surface area contributed by atoms with Crippen LogP contribution in [-0.4, -0.2) is 42.0 Å². The smallest absolute Gasteiger partial charge is 0.406 e. The van der Waals surface area contributed by atoms with Gasteiger partial charge in [-0.25, -0.2) is 4.98 Å². The molecule has 0 spiro atoms. The SMILES string of the molecule is CCNC(=NCC(O)c1ccc(OC(F)(F)F)cc1)NCCc1nc(C)c(C)s1. The quantitative estimate of drug-likeness (QED) is 0.441. The van der Waals surface area contributed by atoms with E-state index in [-0.39, 0.29) is 12.3 Å². The zero-order valence-electron chi connectivity index (χ0n) is 16.5. The van der Waals surface area contributed by atoms with E-state index in [9.17, 15) is 18.3 Å². The van der Waals surface area contributed by atoms with Crippen molar-refractivity contribution in [3.05, 3.63) is 45.4 Å². The van der Waals surface area contributed by atoms with Crippen LogP contribution in [-0.2, 0) is 6.42 Å². The van der Waals surface area contributed by atoms with Crippen LogP contribution in [0.4, 0.5) is 13.2 Å². The van der Waals surface area contributed by atoms with Crippen LogP contribution in [0, 0.1) is 13.8 Å². The van der Waals surface area contributed by atoms with E-state index >= 15 is 0 Å². The molecule has 0 aliphatic rings. The minimum atomic E-state index is -4.74. The van der Waals surface area contributed by atoms with Crippen LogP contribution in [0.25, 0.3) is 0 Å². The van der Waals surface area contributed by atoms with Crippen LogP contribution in [0.5, 0.6) is 5.75 Å². The molecule has 1 atom stereocenters. The van der Waals surface area contributed by atoms with Gasteiger partial charge in [-0.2, -0.15) is 0 Å². The van der Waals surface area contributed by atoms with Gasteiger partial charge in [0.05, 0.1) is 23.4 Å². The second-order valence-electron chi connectivity index (χ2n) is 6.28. The number of aliphatic hydroxyl groups is 1. The van der Waals surface area contributed by atoms with Crippen LogP contribution >= 0.6 is 11.3 Å². The molecule has 29 heavy (non-hydrogen) atoms. The Labute approximate surface area is 171 Å².